The van der Waals surface area contributed by atoms with Crippen LogP contribution < -0.4 is 10.9 Å². The first kappa shape index (κ1) is 6.16. The minimum atomic E-state index is 1.56. The van der Waals surface area contributed by atoms with E-state index >= 15 is 0 Å². The molecule has 0 aromatic rings. The van der Waals surface area contributed by atoms with Crippen molar-refractivity contribution in [2.75, 3.05) is 7.05 Å². The zero-order chi connectivity index (χ0) is 4.83. The summed E-state index contributed by atoms with van der Waals surface area (Å²) in [6.07, 6.45) is 1.56. The molecule has 0 aliphatic carbocycles. The largest absolute Gasteiger partial charge is 0.312 e. The SMILES string of the molecule is CNNC=NI. The van der Waals surface area contributed by atoms with E-state index in [0.29, 0.717) is 0 Å². The van der Waals surface area contributed by atoms with Gasteiger partial charge in [-0.05, 0) is 0 Å². The summed E-state index contributed by atoms with van der Waals surface area (Å²) in [6, 6.07) is 0. The van der Waals surface area contributed by atoms with Crippen LogP contribution in [0.25, 0.3) is 0 Å². The van der Waals surface area contributed by atoms with Gasteiger partial charge in [0.2, 0.25) is 0 Å². The van der Waals surface area contributed by atoms with Gasteiger partial charge < -0.3 is 5.43 Å². The molecule has 0 heterocycles. The highest BCUT2D eigenvalue weighted by atomic mass is 127. The smallest absolute Gasteiger partial charge is 0.109 e. The van der Waals surface area contributed by atoms with Gasteiger partial charge in [0.15, 0.2) is 0 Å². The van der Waals surface area contributed by atoms with Crippen LogP contribution in [0, 0.1) is 0 Å². The molecule has 0 bridgehead atoms. The lowest BCUT2D eigenvalue weighted by molar-refractivity contribution is 0.784. The lowest BCUT2D eigenvalue weighted by atomic mass is 11.3. The Hall–Kier alpha value is 0.160. The number of nitrogens with zero attached hydrogens (tertiary/aromatic N) is 1. The van der Waals surface area contributed by atoms with Crippen LogP contribution in [0.1, 0.15) is 0 Å². The molecular formula is C2H6IN3. The van der Waals surface area contributed by atoms with Gasteiger partial charge in [-0.3, -0.25) is 0 Å². The first-order valence-electron chi connectivity index (χ1n) is 1.47. The van der Waals surface area contributed by atoms with Crippen LogP contribution in [0.3, 0.4) is 0 Å². The van der Waals surface area contributed by atoms with Crippen LogP contribution in [0.15, 0.2) is 3.21 Å². The highest BCUT2D eigenvalue weighted by Crippen LogP contribution is 1.72. The zero-order valence-electron chi connectivity index (χ0n) is 3.40. The fourth-order valence-corrected chi connectivity index (χ4v) is 0.228. The third-order valence-electron chi connectivity index (χ3n) is 0.258. The molecular weight excluding hydrogens is 193 g/mol. The Morgan fingerprint density at radius 1 is 1.83 bits per heavy atom. The number of hydrogen-bond acceptors (Lipinski definition) is 2. The molecule has 0 aromatic carbocycles. The minimum Gasteiger partial charge on any atom is -0.312 e. The molecule has 0 aliphatic rings. The van der Waals surface area contributed by atoms with E-state index in [9.17, 15) is 0 Å². The molecule has 0 atom stereocenters. The van der Waals surface area contributed by atoms with Gasteiger partial charge in [-0.15, -0.1) is 0 Å². The van der Waals surface area contributed by atoms with Crippen LogP contribution >= 0.6 is 22.9 Å². The molecule has 36 valence electrons. The van der Waals surface area contributed by atoms with Crippen LogP contribution in [-0.4, -0.2) is 13.4 Å². The highest BCUT2D eigenvalue weighted by molar-refractivity contribution is 14.1. The molecule has 0 aromatic heterocycles. The van der Waals surface area contributed by atoms with Crippen molar-refractivity contribution in [3.8, 4) is 0 Å². The van der Waals surface area contributed by atoms with Crippen LogP contribution in [-0.2, 0) is 0 Å². The average molecular weight is 199 g/mol. The van der Waals surface area contributed by atoms with E-state index in [0.717, 1.165) is 0 Å². The molecule has 0 spiro atoms. The Balaban J connectivity index is 2.66. The van der Waals surface area contributed by atoms with Crippen LogP contribution in [0.2, 0.25) is 0 Å². The quantitative estimate of drug-likeness (QED) is 0.286. The normalized spacial score (nSPS) is 9.67. The fourth-order valence-electron chi connectivity index (χ4n) is 0.0889. The molecule has 0 saturated heterocycles. The second-order valence-electron chi connectivity index (χ2n) is 0.621. The number of nitrogens with one attached hydrogen (secondary N) is 2. The van der Waals surface area contributed by atoms with Crippen molar-refractivity contribution in [3.63, 3.8) is 0 Å². The van der Waals surface area contributed by atoms with E-state index in [1.54, 1.807) is 13.4 Å². The van der Waals surface area contributed by atoms with Gasteiger partial charge in [-0.25, -0.2) is 8.63 Å². The first-order chi connectivity index (χ1) is 2.91. The zero-order valence-corrected chi connectivity index (χ0v) is 5.56. The summed E-state index contributed by atoms with van der Waals surface area (Å²) < 4.78 is 3.60. The van der Waals surface area contributed by atoms with Gasteiger partial charge >= 0.3 is 0 Å². The summed E-state index contributed by atoms with van der Waals surface area (Å²) in [5, 5.41) is 0. The van der Waals surface area contributed by atoms with Gasteiger partial charge in [-0.2, -0.15) is 0 Å². The van der Waals surface area contributed by atoms with Crippen LogP contribution in [0.4, 0.5) is 0 Å². The third kappa shape index (κ3) is 4.16. The molecule has 0 unspecified atom stereocenters. The van der Waals surface area contributed by atoms with Gasteiger partial charge in [0.1, 0.15) is 6.34 Å². The molecule has 2 N–H and O–H groups in total. The lowest BCUT2D eigenvalue weighted by Crippen LogP contribution is -2.24. The molecule has 0 saturated carbocycles. The first-order valence-corrected chi connectivity index (χ1v) is 2.43. The van der Waals surface area contributed by atoms with Crippen LogP contribution in [0.5, 0.6) is 0 Å². The Bertz CT molecular complexity index is 44.1. The summed E-state index contributed by atoms with van der Waals surface area (Å²) in [4.78, 5) is 0. The second kappa shape index (κ2) is 5.16. The Morgan fingerprint density at radius 2 is 2.50 bits per heavy atom. The van der Waals surface area contributed by atoms with E-state index in [1.165, 1.54) is 0 Å². The minimum absolute atomic E-state index is 1.56. The number of hydrazine groups is 1. The summed E-state index contributed by atoms with van der Waals surface area (Å²) in [7, 11) is 1.78. The van der Waals surface area contributed by atoms with Crippen molar-refractivity contribution >= 4 is 29.2 Å². The molecule has 3 nitrogen and oxygen atoms in total. The predicted molar refractivity (Wildman–Crippen MR) is 34.7 cm³/mol. The molecule has 0 radical (unpaired) electrons. The van der Waals surface area contributed by atoms with Crippen molar-refractivity contribution in [1.29, 1.82) is 0 Å². The molecule has 0 aliphatic heterocycles. The molecule has 4 heteroatoms. The van der Waals surface area contributed by atoms with Crippen molar-refractivity contribution in [2.45, 2.75) is 0 Å². The summed E-state index contributed by atoms with van der Waals surface area (Å²) in [5.41, 5.74) is 5.31. The van der Waals surface area contributed by atoms with Gasteiger partial charge in [0, 0.05) is 7.05 Å². The topological polar surface area (TPSA) is 36.4 Å². The predicted octanol–water partition coefficient (Wildman–Crippen LogP) is 0.0887. The Morgan fingerprint density at radius 3 is 2.67 bits per heavy atom. The maximum absolute atomic E-state index is 3.60. The summed E-state index contributed by atoms with van der Waals surface area (Å²) in [6.45, 7) is 0. The van der Waals surface area contributed by atoms with Gasteiger partial charge in [-0.1, -0.05) is 0 Å². The van der Waals surface area contributed by atoms with E-state index in [2.05, 4.69) is 14.1 Å². The number of rotatable bonds is 2. The second-order valence-corrected chi connectivity index (χ2v) is 1.18. The van der Waals surface area contributed by atoms with Crippen molar-refractivity contribution in [3.05, 3.63) is 0 Å². The highest BCUT2D eigenvalue weighted by Gasteiger charge is 1.56. The third-order valence-corrected chi connectivity index (χ3v) is 0.536. The molecule has 0 amide bonds. The summed E-state index contributed by atoms with van der Waals surface area (Å²) in [5.74, 6) is 0. The fraction of sp³-hybridized carbons (Fsp3) is 0.500. The monoisotopic (exact) mass is 199 g/mol. The van der Waals surface area contributed by atoms with Crippen molar-refractivity contribution in [1.82, 2.24) is 10.9 Å². The molecule has 0 rings (SSSR count). The van der Waals surface area contributed by atoms with E-state index < -0.39 is 0 Å². The molecule has 0 fully saturated rings. The summed E-state index contributed by atoms with van der Waals surface area (Å²) >= 11 is 1.88. The lowest BCUT2D eigenvalue weighted by Gasteiger charge is -1.87. The molecule has 6 heavy (non-hydrogen) atoms. The number of hydrogen-bond donors (Lipinski definition) is 2. The maximum atomic E-state index is 3.60. The standard InChI is InChI=1S/C2H6IN3/c1-4-6-2-5-3/h2,4H,1H3,(H,5,6). The maximum Gasteiger partial charge on any atom is 0.109 e. The van der Waals surface area contributed by atoms with E-state index in [4.69, 9.17) is 0 Å². The van der Waals surface area contributed by atoms with E-state index in [1.807, 2.05) is 22.9 Å². The van der Waals surface area contributed by atoms with Gasteiger partial charge in [0.25, 0.3) is 0 Å². The Kier molecular flexibility index (Phi) is 5.30. The average Bonchev–Trinajstić information content (AvgIpc) is 1.61. The van der Waals surface area contributed by atoms with Crippen molar-refractivity contribution < 1.29 is 0 Å². The number of halogens is 1. The van der Waals surface area contributed by atoms with E-state index in [-0.39, 0.29) is 0 Å². The Labute approximate surface area is 50.7 Å². The van der Waals surface area contributed by atoms with Gasteiger partial charge in [0.05, 0.1) is 22.9 Å². The van der Waals surface area contributed by atoms with Crippen molar-refractivity contribution in [2.24, 2.45) is 3.21 Å².